The molecule has 172 valence electrons. The summed E-state index contributed by atoms with van der Waals surface area (Å²) in [5, 5.41) is 0. The third kappa shape index (κ3) is 8.13. The first-order valence-corrected chi connectivity index (χ1v) is 12.8. The molecule has 2 radical (unpaired) electrons. The van der Waals surface area contributed by atoms with Crippen LogP contribution in [0.4, 0.5) is 0 Å². The Morgan fingerprint density at radius 2 is 0.889 bits per heavy atom. The van der Waals surface area contributed by atoms with Crippen molar-refractivity contribution in [3.63, 3.8) is 0 Å². The van der Waals surface area contributed by atoms with Gasteiger partial charge in [0.05, 0.1) is 9.73 Å². The molecule has 0 amide bonds. The van der Waals surface area contributed by atoms with Crippen LogP contribution in [0.2, 0.25) is 0 Å². The summed E-state index contributed by atoms with van der Waals surface area (Å²) in [5.41, 5.74) is 4.11. The summed E-state index contributed by atoms with van der Waals surface area (Å²) in [7, 11) is -4.48. The molecule has 2 aliphatic rings. The zero-order chi connectivity index (χ0) is 23.9. The van der Waals surface area contributed by atoms with E-state index in [-0.39, 0.29) is 71.0 Å². The summed E-state index contributed by atoms with van der Waals surface area (Å²) in [6, 6.07) is 16.1. The third-order valence-corrected chi connectivity index (χ3v) is 7.16. The van der Waals surface area contributed by atoms with Gasteiger partial charge in [0, 0.05) is 71.0 Å². The van der Waals surface area contributed by atoms with Crippen molar-refractivity contribution in [1.29, 1.82) is 0 Å². The number of rotatable bonds is 5. The summed E-state index contributed by atoms with van der Waals surface area (Å²) in [6.45, 7) is 0. The normalized spacial score (nSPS) is 18.3. The topological polar surface area (TPSA) is 68.3 Å². The maximum Gasteiger partial charge on any atom is 0.218 e. The van der Waals surface area contributed by atoms with Gasteiger partial charge in [0.2, 0.25) is 20.6 Å². The SMILES string of the molecule is O=S(=O)=C1C=CC=CC1C=Cc1ccc(-c2ccc(C=CC3C=CC=CC3=S(=O)=O)cc2)cc1.[Na].[Na]. The zero-order valence-corrected chi connectivity index (χ0v) is 25.8. The molecular weight excluding hydrogens is 510 g/mol. The predicted octanol–water partition coefficient (Wildman–Crippen LogP) is 4.21. The molecule has 4 rings (SSSR count). The van der Waals surface area contributed by atoms with E-state index in [0.29, 0.717) is 9.73 Å². The van der Waals surface area contributed by atoms with Crippen molar-refractivity contribution in [2.24, 2.45) is 11.8 Å². The molecule has 36 heavy (non-hydrogen) atoms. The number of allylic oxidation sites excluding steroid dienone is 10. The molecule has 0 aliphatic heterocycles. The van der Waals surface area contributed by atoms with E-state index in [4.69, 9.17) is 0 Å². The molecule has 2 aromatic rings. The van der Waals surface area contributed by atoms with Crippen molar-refractivity contribution in [3.05, 3.63) is 120 Å². The van der Waals surface area contributed by atoms with Crippen molar-refractivity contribution in [2.45, 2.75) is 0 Å². The van der Waals surface area contributed by atoms with E-state index < -0.39 is 20.6 Å². The standard InChI is InChI=1S/C28H22O4S2.2Na/c29-33(30)27-7-3-1-5-25(27)19-13-21-9-15-23(16-10-21)24-17-11-22(12-18-24)14-20-26-6-2-4-8-28(26)34(31)32;;/h1-20,25-26H;;. The minimum absolute atomic E-state index is 0. The molecule has 0 N–H and O–H groups in total. The summed E-state index contributed by atoms with van der Waals surface area (Å²) in [5.74, 6) is -0.517. The fraction of sp³-hybridized carbons (Fsp3) is 0.0714. The fourth-order valence-electron chi connectivity index (χ4n) is 3.73. The van der Waals surface area contributed by atoms with E-state index in [1.165, 1.54) is 0 Å². The monoisotopic (exact) mass is 532 g/mol. The predicted molar refractivity (Wildman–Crippen MR) is 153 cm³/mol. The van der Waals surface area contributed by atoms with Crippen molar-refractivity contribution in [3.8, 4) is 11.1 Å². The van der Waals surface area contributed by atoms with Gasteiger partial charge in [-0.15, -0.1) is 0 Å². The summed E-state index contributed by atoms with van der Waals surface area (Å²) < 4.78 is 45.5. The molecule has 4 nitrogen and oxygen atoms in total. The maximum absolute atomic E-state index is 11.4. The first-order valence-electron chi connectivity index (χ1n) is 10.7. The van der Waals surface area contributed by atoms with Gasteiger partial charge in [-0.1, -0.05) is 109 Å². The van der Waals surface area contributed by atoms with E-state index in [1.54, 1.807) is 24.3 Å². The van der Waals surface area contributed by atoms with Gasteiger partial charge in [0.25, 0.3) is 0 Å². The van der Waals surface area contributed by atoms with E-state index in [9.17, 15) is 16.8 Å². The van der Waals surface area contributed by atoms with Gasteiger partial charge >= 0.3 is 0 Å². The Hall–Kier alpha value is -1.74. The second kappa shape index (κ2) is 14.9. The minimum atomic E-state index is -2.24. The maximum atomic E-state index is 11.4. The van der Waals surface area contributed by atoms with Crippen LogP contribution in [0.5, 0.6) is 0 Å². The van der Waals surface area contributed by atoms with Crippen LogP contribution < -0.4 is 0 Å². The van der Waals surface area contributed by atoms with Crippen molar-refractivity contribution in [2.75, 3.05) is 0 Å². The van der Waals surface area contributed by atoms with Crippen LogP contribution in [0.1, 0.15) is 11.1 Å². The van der Waals surface area contributed by atoms with E-state index in [1.807, 2.05) is 97.1 Å². The molecule has 0 spiro atoms. The molecule has 0 saturated heterocycles. The fourth-order valence-corrected chi connectivity index (χ4v) is 4.87. The molecule has 8 heteroatoms. The van der Waals surface area contributed by atoms with Crippen LogP contribution in [0.15, 0.2) is 109 Å². The van der Waals surface area contributed by atoms with E-state index in [2.05, 4.69) is 0 Å². The van der Waals surface area contributed by atoms with Crippen LogP contribution in [0.3, 0.4) is 0 Å². The van der Waals surface area contributed by atoms with Crippen LogP contribution in [0.25, 0.3) is 23.3 Å². The largest absolute Gasteiger partial charge is 0.218 e. The van der Waals surface area contributed by atoms with Gasteiger partial charge in [0.15, 0.2) is 0 Å². The average Bonchev–Trinajstić information content (AvgIpc) is 2.87. The number of hydrogen-bond acceptors (Lipinski definition) is 4. The average molecular weight is 533 g/mol. The van der Waals surface area contributed by atoms with Gasteiger partial charge in [-0.2, -0.15) is 16.8 Å². The smallest absolute Gasteiger partial charge is 0.184 e. The number of hydrogen-bond donors (Lipinski definition) is 0. The molecule has 2 unspecified atom stereocenters. The first-order chi connectivity index (χ1) is 16.5. The molecule has 2 aliphatic carbocycles. The summed E-state index contributed by atoms with van der Waals surface area (Å²) >= 11 is 0. The van der Waals surface area contributed by atoms with Crippen LogP contribution in [0, 0.1) is 11.8 Å². The molecular formula is C28H22Na2O4S2. The Bertz CT molecular complexity index is 1400. The van der Waals surface area contributed by atoms with Crippen molar-refractivity contribution >= 4 is 102 Å². The first kappa shape index (κ1) is 30.5. The Balaban J connectivity index is 0.00000228. The van der Waals surface area contributed by atoms with Crippen LogP contribution in [-0.2, 0) is 20.6 Å². The van der Waals surface area contributed by atoms with E-state index in [0.717, 1.165) is 22.3 Å². The van der Waals surface area contributed by atoms with Gasteiger partial charge in [-0.05, 0) is 34.4 Å². The van der Waals surface area contributed by atoms with Crippen LogP contribution in [-0.4, -0.2) is 85.7 Å². The molecule has 2 atom stereocenters. The van der Waals surface area contributed by atoms with E-state index >= 15 is 0 Å². The summed E-state index contributed by atoms with van der Waals surface area (Å²) in [4.78, 5) is 0.715. The zero-order valence-electron chi connectivity index (χ0n) is 20.2. The second-order valence-electron chi connectivity index (χ2n) is 7.78. The molecule has 0 heterocycles. The van der Waals surface area contributed by atoms with Gasteiger partial charge < -0.3 is 0 Å². The molecule has 0 bridgehead atoms. The Morgan fingerprint density at radius 3 is 1.22 bits per heavy atom. The summed E-state index contributed by atoms with van der Waals surface area (Å²) in [6.07, 6.45) is 21.7. The van der Waals surface area contributed by atoms with Crippen molar-refractivity contribution < 1.29 is 16.8 Å². The quantitative estimate of drug-likeness (QED) is 0.428. The molecule has 2 aromatic carbocycles. The molecule has 0 aromatic heterocycles. The number of benzene rings is 2. The van der Waals surface area contributed by atoms with Gasteiger partial charge in [-0.25, -0.2) is 0 Å². The molecule has 0 fully saturated rings. The second-order valence-corrected chi connectivity index (χ2v) is 9.66. The third-order valence-electron chi connectivity index (χ3n) is 5.57. The minimum Gasteiger partial charge on any atom is -0.184 e. The Kier molecular flexibility index (Phi) is 12.6. The van der Waals surface area contributed by atoms with Gasteiger partial charge in [0.1, 0.15) is 0 Å². The molecule has 0 saturated carbocycles. The van der Waals surface area contributed by atoms with Crippen LogP contribution >= 0.6 is 0 Å². The van der Waals surface area contributed by atoms with Gasteiger partial charge in [-0.3, -0.25) is 0 Å². The Morgan fingerprint density at radius 1 is 0.528 bits per heavy atom. The van der Waals surface area contributed by atoms with Crippen molar-refractivity contribution in [1.82, 2.24) is 0 Å². The Labute approximate surface area is 259 Å².